The van der Waals surface area contributed by atoms with Crippen molar-refractivity contribution in [3.8, 4) is 0 Å². The van der Waals surface area contributed by atoms with E-state index in [0.717, 1.165) is 32.5 Å². The number of amides is 1. The molecule has 0 bridgehead atoms. The summed E-state index contributed by atoms with van der Waals surface area (Å²) < 4.78 is 2.23. The molecule has 1 aliphatic rings. The molecular formula is C13H20N2O. The Morgan fingerprint density at radius 3 is 2.81 bits per heavy atom. The van der Waals surface area contributed by atoms with E-state index >= 15 is 0 Å². The van der Waals surface area contributed by atoms with E-state index in [2.05, 4.69) is 36.7 Å². The number of aromatic nitrogens is 1. The number of carbonyl (C=O) groups excluding carboxylic acids is 1. The molecule has 0 aromatic carbocycles. The van der Waals surface area contributed by atoms with Gasteiger partial charge in [0.25, 0.3) is 0 Å². The summed E-state index contributed by atoms with van der Waals surface area (Å²) in [4.78, 5) is 14.2. The summed E-state index contributed by atoms with van der Waals surface area (Å²) in [5.74, 6) is 0.541. The first-order valence-electron chi connectivity index (χ1n) is 6.19. The molecule has 0 aliphatic carbocycles. The van der Waals surface area contributed by atoms with Crippen LogP contribution in [-0.4, -0.2) is 21.9 Å². The number of nitrogens with zero attached hydrogens (tertiary/aromatic N) is 2. The van der Waals surface area contributed by atoms with Crippen LogP contribution in [0.15, 0.2) is 18.3 Å². The highest BCUT2D eigenvalue weighted by atomic mass is 16.2. The summed E-state index contributed by atoms with van der Waals surface area (Å²) in [7, 11) is 0. The average Bonchev–Trinajstić information content (AvgIpc) is 2.77. The molecule has 0 fully saturated rings. The van der Waals surface area contributed by atoms with Crippen molar-refractivity contribution in [1.82, 2.24) is 9.47 Å². The number of rotatable bonds is 3. The van der Waals surface area contributed by atoms with E-state index in [4.69, 9.17) is 0 Å². The summed E-state index contributed by atoms with van der Waals surface area (Å²) in [5.41, 5.74) is 1.26. The summed E-state index contributed by atoms with van der Waals surface area (Å²) in [6, 6.07) is 4.16. The molecule has 0 atom stereocenters. The Hall–Kier alpha value is -1.25. The van der Waals surface area contributed by atoms with E-state index in [9.17, 15) is 4.79 Å². The second-order valence-electron chi connectivity index (χ2n) is 4.47. The smallest absolute Gasteiger partial charge is 0.226 e. The molecule has 3 heteroatoms. The van der Waals surface area contributed by atoms with E-state index in [-0.39, 0.29) is 5.92 Å². The molecule has 1 aromatic heterocycles. The zero-order valence-corrected chi connectivity index (χ0v) is 10.1. The second kappa shape index (κ2) is 4.73. The summed E-state index contributed by atoms with van der Waals surface area (Å²) in [5, 5.41) is 0. The molecule has 0 saturated carbocycles. The van der Waals surface area contributed by atoms with Crippen LogP contribution in [0.2, 0.25) is 0 Å². The fourth-order valence-corrected chi connectivity index (χ4v) is 2.40. The maximum Gasteiger partial charge on any atom is 0.226 e. The van der Waals surface area contributed by atoms with Crippen LogP contribution in [-0.2, 0) is 17.9 Å². The van der Waals surface area contributed by atoms with Gasteiger partial charge in [0.2, 0.25) is 5.91 Å². The Morgan fingerprint density at radius 1 is 1.38 bits per heavy atom. The minimum absolute atomic E-state index is 0.210. The number of hydrogen-bond acceptors (Lipinski definition) is 1. The molecule has 2 rings (SSSR count). The van der Waals surface area contributed by atoms with Crippen LogP contribution < -0.4 is 0 Å². The van der Waals surface area contributed by atoms with Crippen molar-refractivity contribution in [2.75, 3.05) is 6.54 Å². The summed E-state index contributed by atoms with van der Waals surface area (Å²) in [6.07, 6.45) is 3.99. The number of carbonyl (C=O) groups is 1. The fraction of sp³-hybridized carbons (Fsp3) is 0.615. The SMILES string of the molecule is CCC(CC)C(=O)N1CCn2cccc2C1. The molecule has 0 radical (unpaired) electrons. The lowest BCUT2D eigenvalue weighted by Gasteiger charge is -2.31. The third-order valence-corrected chi connectivity index (χ3v) is 3.53. The first-order valence-corrected chi connectivity index (χ1v) is 6.19. The van der Waals surface area contributed by atoms with Gasteiger partial charge in [-0.1, -0.05) is 13.8 Å². The van der Waals surface area contributed by atoms with Gasteiger partial charge < -0.3 is 9.47 Å². The maximum atomic E-state index is 12.2. The van der Waals surface area contributed by atoms with Crippen molar-refractivity contribution in [3.63, 3.8) is 0 Å². The second-order valence-corrected chi connectivity index (χ2v) is 4.47. The molecular weight excluding hydrogens is 200 g/mol. The van der Waals surface area contributed by atoms with Gasteiger partial charge >= 0.3 is 0 Å². The lowest BCUT2D eigenvalue weighted by molar-refractivity contribution is -0.137. The highest BCUT2D eigenvalue weighted by Crippen LogP contribution is 2.18. The van der Waals surface area contributed by atoms with Crippen LogP contribution in [0.1, 0.15) is 32.4 Å². The van der Waals surface area contributed by atoms with Crippen molar-refractivity contribution in [1.29, 1.82) is 0 Å². The lowest BCUT2D eigenvalue weighted by atomic mass is 10.0. The molecule has 3 nitrogen and oxygen atoms in total. The monoisotopic (exact) mass is 220 g/mol. The van der Waals surface area contributed by atoms with E-state index in [1.807, 2.05) is 4.90 Å². The predicted octanol–water partition coefficient (Wildman–Crippen LogP) is 2.27. The molecule has 2 heterocycles. The van der Waals surface area contributed by atoms with E-state index in [0.29, 0.717) is 5.91 Å². The van der Waals surface area contributed by atoms with Gasteiger partial charge in [0.1, 0.15) is 0 Å². The van der Waals surface area contributed by atoms with E-state index in [1.165, 1.54) is 5.69 Å². The van der Waals surface area contributed by atoms with Gasteiger partial charge in [-0.15, -0.1) is 0 Å². The molecule has 0 saturated heterocycles. The quantitative estimate of drug-likeness (QED) is 0.767. The lowest BCUT2D eigenvalue weighted by Crippen LogP contribution is -2.41. The third-order valence-electron chi connectivity index (χ3n) is 3.53. The maximum absolute atomic E-state index is 12.2. The standard InChI is InChI=1S/C13H20N2O/c1-3-11(4-2)13(16)15-9-8-14-7-5-6-12(14)10-15/h5-7,11H,3-4,8-10H2,1-2H3. The Bertz CT molecular complexity index is 366. The first kappa shape index (κ1) is 11.2. The van der Waals surface area contributed by atoms with Crippen LogP contribution in [0.25, 0.3) is 0 Å². The molecule has 0 spiro atoms. The first-order chi connectivity index (χ1) is 7.76. The minimum atomic E-state index is 0.210. The van der Waals surface area contributed by atoms with Crippen LogP contribution in [0, 0.1) is 5.92 Å². The number of hydrogen-bond donors (Lipinski definition) is 0. The zero-order valence-electron chi connectivity index (χ0n) is 10.1. The molecule has 0 N–H and O–H groups in total. The summed E-state index contributed by atoms with van der Waals surface area (Å²) >= 11 is 0. The molecule has 88 valence electrons. The van der Waals surface area contributed by atoms with Crippen molar-refractivity contribution in [2.45, 2.75) is 39.8 Å². The summed E-state index contributed by atoms with van der Waals surface area (Å²) in [6.45, 7) is 6.77. The average molecular weight is 220 g/mol. The van der Waals surface area contributed by atoms with Crippen LogP contribution in [0.5, 0.6) is 0 Å². The normalized spacial score (nSPS) is 15.3. The van der Waals surface area contributed by atoms with Crippen molar-refractivity contribution >= 4 is 5.91 Å². The molecule has 16 heavy (non-hydrogen) atoms. The van der Waals surface area contributed by atoms with Gasteiger partial charge in [0.05, 0.1) is 6.54 Å². The zero-order chi connectivity index (χ0) is 11.5. The molecule has 1 aliphatic heterocycles. The van der Waals surface area contributed by atoms with Gasteiger partial charge in [-0.05, 0) is 25.0 Å². The minimum Gasteiger partial charge on any atom is -0.348 e. The van der Waals surface area contributed by atoms with Gasteiger partial charge in [0, 0.05) is 30.9 Å². The van der Waals surface area contributed by atoms with Crippen LogP contribution in [0.4, 0.5) is 0 Å². The Kier molecular flexibility index (Phi) is 3.32. The topological polar surface area (TPSA) is 25.2 Å². The van der Waals surface area contributed by atoms with Gasteiger partial charge in [-0.3, -0.25) is 4.79 Å². The largest absolute Gasteiger partial charge is 0.348 e. The third kappa shape index (κ3) is 1.99. The van der Waals surface area contributed by atoms with E-state index < -0.39 is 0 Å². The predicted molar refractivity (Wildman–Crippen MR) is 63.9 cm³/mol. The number of fused-ring (bicyclic) bond motifs is 1. The Labute approximate surface area is 97.1 Å². The molecule has 1 aromatic rings. The Balaban J connectivity index is 2.05. The van der Waals surface area contributed by atoms with Gasteiger partial charge in [0.15, 0.2) is 0 Å². The van der Waals surface area contributed by atoms with Gasteiger partial charge in [-0.2, -0.15) is 0 Å². The van der Waals surface area contributed by atoms with Crippen LogP contribution in [0.3, 0.4) is 0 Å². The van der Waals surface area contributed by atoms with Crippen LogP contribution >= 0.6 is 0 Å². The van der Waals surface area contributed by atoms with E-state index in [1.54, 1.807) is 0 Å². The van der Waals surface area contributed by atoms with Gasteiger partial charge in [-0.25, -0.2) is 0 Å². The highest BCUT2D eigenvalue weighted by Gasteiger charge is 2.24. The fourth-order valence-electron chi connectivity index (χ4n) is 2.40. The highest BCUT2D eigenvalue weighted by molar-refractivity contribution is 5.78. The van der Waals surface area contributed by atoms with Crippen molar-refractivity contribution in [2.24, 2.45) is 5.92 Å². The molecule has 1 amide bonds. The Morgan fingerprint density at radius 2 is 2.12 bits per heavy atom. The molecule has 0 unspecified atom stereocenters. The van der Waals surface area contributed by atoms with Crippen molar-refractivity contribution < 1.29 is 4.79 Å². The van der Waals surface area contributed by atoms with Crippen molar-refractivity contribution in [3.05, 3.63) is 24.0 Å².